The van der Waals surface area contributed by atoms with Crippen molar-refractivity contribution < 1.29 is 4.74 Å². The van der Waals surface area contributed by atoms with Crippen molar-refractivity contribution in [2.45, 2.75) is 0 Å². The molecule has 1 aromatic carbocycles. The predicted molar refractivity (Wildman–Crippen MR) is 67.8 cm³/mol. The molecule has 2 aromatic heterocycles. The first kappa shape index (κ1) is 11.4. The van der Waals surface area contributed by atoms with Crippen molar-refractivity contribution in [2.75, 3.05) is 0 Å². The van der Waals surface area contributed by atoms with Crippen molar-refractivity contribution >= 4 is 33.2 Å². The molecule has 0 bridgehead atoms. The van der Waals surface area contributed by atoms with Crippen molar-refractivity contribution in [1.82, 2.24) is 25.3 Å². The van der Waals surface area contributed by atoms with Crippen LogP contribution in [0.5, 0.6) is 11.6 Å². The van der Waals surface area contributed by atoms with Gasteiger partial charge in [-0.25, -0.2) is 0 Å². The van der Waals surface area contributed by atoms with Gasteiger partial charge in [0.1, 0.15) is 5.75 Å². The molecule has 0 saturated carbocycles. The third-order valence-electron chi connectivity index (χ3n) is 2.15. The van der Waals surface area contributed by atoms with Crippen LogP contribution >= 0.6 is 27.5 Å². The van der Waals surface area contributed by atoms with E-state index in [1.54, 1.807) is 30.3 Å². The Kier molecular flexibility index (Phi) is 2.85. The van der Waals surface area contributed by atoms with Crippen molar-refractivity contribution in [3.05, 3.63) is 39.8 Å². The highest BCUT2D eigenvalue weighted by molar-refractivity contribution is 9.10. The molecule has 0 aliphatic rings. The Morgan fingerprint density at radius 1 is 1.22 bits per heavy atom. The third kappa shape index (κ3) is 2.14. The molecule has 0 N–H and O–H groups in total. The van der Waals surface area contributed by atoms with E-state index in [4.69, 9.17) is 16.3 Å². The molecule has 18 heavy (non-hydrogen) atoms. The minimum absolute atomic E-state index is 0.387. The van der Waals surface area contributed by atoms with Gasteiger partial charge in [0.2, 0.25) is 5.88 Å². The van der Waals surface area contributed by atoms with Crippen LogP contribution in [-0.4, -0.2) is 25.3 Å². The summed E-state index contributed by atoms with van der Waals surface area (Å²) in [4.78, 5) is 0. The topological polar surface area (TPSA) is 65.2 Å². The second kappa shape index (κ2) is 4.51. The van der Waals surface area contributed by atoms with Gasteiger partial charge in [-0.3, -0.25) is 0 Å². The summed E-state index contributed by atoms with van der Waals surface area (Å²) in [6.07, 6.45) is 0. The Morgan fingerprint density at radius 2 is 2.11 bits per heavy atom. The van der Waals surface area contributed by atoms with E-state index in [9.17, 15) is 0 Å². The van der Waals surface area contributed by atoms with Gasteiger partial charge >= 0.3 is 0 Å². The van der Waals surface area contributed by atoms with Gasteiger partial charge in [0.15, 0.2) is 5.65 Å². The maximum Gasteiger partial charge on any atom is 0.239 e. The predicted octanol–water partition coefficient (Wildman–Crippen LogP) is 2.73. The van der Waals surface area contributed by atoms with E-state index in [1.807, 2.05) is 0 Å². The van der Waals surface area contributed by atoms with Crippen LogP contribution in [0.4, 0.5) is 0 Å². The molecule has 0 amide bonds. The fraction of sp³-hybridized carbons (Fsp3) is 0. The lowest BCUT2D eigenvalue weighted by atomic mass is 10.3. The lowest BCUT2D eigenvalue weighted by molar-refractivity contribution is 0.444. The van der Waals surface area contributed by atoms with Gasteiger partial charge in [-0.15, -0.1) is 14.8 Å². The number of hydrogen-bond acceptors (Lipinski definition) is 5. The maximum absolute atomic E-state index is 5.85. The first-order valence-corrected chi connectivity index (χ1v) is 6.08. The average molecular weight is 327 g/mol. The number of aromatic nitrogens is 5. The summed E-state index contributed by atoms with van der Waals surface area (Å²) >= 11 is 9.21. The standard InChI is InChI=1S/C10H5BrClN5O/c11-7-5-6(12)1-2-8(7)18-10-4-3-9-13-15-16-17(9)14-10/h1-5H. The summed E-state index contributed by atoms with van der Waals surface area (Å²) in [6.45, 7) is 0. The summed E-state index contributed by atoms with van der Waals surface area (Å²) < 4.78 is 7.64. The largest absolute Gasteiger partial charge is 0.436 e. The van der Waals surface area contributed by atoms with Crippen molar-refractivity contribution in [2.24, 2.45) is 0 Å². The van der Waals surface area contributed by atoms with Gasteiger partial charge < -0.3 is 4.74 Å². The molecule has 0 fully saturated rings. The first-order valence-electron chi connectivity index (χ1n) is 4.91. The normalized spacial score (nSPS) is 10.8. The molecule has 8 heteroatoms. The van der Waals surface area contributed by atoms with E-state index in [0.29, 0.717) is 22.3 Å². The van der Waals surface area contributed by atoms with E-state index in [1.165, 1.54) is 4.63 Å². The molecular formula is C10H5BrClN5O. The molecule has 0 saturated heterocycles. The van der Waals surface area contributed by atoms with E-state index in [0.717, 1.165) is 4.47 Å². The molecule has 2 heterocycles. The number of nitrogens with zero attached hydrogens (tertiary/aromatic N) is 5. The van der Waals surface area contributed by atoms with Crippen molar-refractivity contribution in [3.8, 4) is 11.6 Å². The number of hydrogen-bond donors (Lipinski definition) is 0. The summed E-state index contributed by atoms with van der Waals surface area (Å²) in [5, 5.41) is 15.7. The lowest BCUT2D eigenvalue weighted by Gasteiger charge is -2.06. The van der Waals surface area contributed by atoms with Crippen LogP contribution in [0.3, 0.4) is 0 Å². The smallest absolute Gasteiger partial charge is 0.239 e. The molecule has 3 rings (SSSR count). The fourth-order valence-electron chi connectivity index (χ4n) is 1.36. The summed E-state index contributed by atoms with van der Waals surface area (Å²) in [7, 11) is 0. The van der Waals surface area contributed by atoms with Crippen LogP contribution < -0.4 is 4.74 Å². The molecule has 3 aromatic rings. The van der Waals surface area contributed by atoms with Gasteiger partial charge in [-0.1, -0.05) is 11.6 Å². The minimum Gasteiger partial charge on any atom is -0.436 e. The van der Waals surface area contributed by atoms with E-state index >= 15 is 0 Å². The zero-order valence-electron chi connectivity index (χ0n) is 8.79. The van der Waals surface area contributed by atoms with Gasteiger partial charge in [0.05, 0.1) is 4.47 Å². The van der Waals surface area contributed by atoms with E-state index in [-0.39, 0.29) is 0 Å². The third-order valence-corrected chi connectivity index (χ3v) is 3.01. The highest BCUT2D eigenvalue weighted by atomic mass is 79.9. The van der Waals surface area contributed by atoms with E-state index < -0.39 is 0 Å². The van der Waals surface area contributed by atoms with Gasteiger partial charge in [-0.2, -0.15) is 0 Å². The molecule has 0 spiro atoms. The molecule has 6 nitrogen and oxygen atoms in total. The van der Waals surface area contributed by atoms with Crippen LogP contribution in [0.25, 0.3) is 5.65 Å². The zero-order chi connectivity index (χ0) is 12.5. The number of tetrazole rings is 1. The Hall–Kier alpha value is -1.73. The molecule has 0 aliphatic heterocycles. The number of fused-ring (bicyclic) bond motifs is 1. The van der Waals surface area contributed by atoms with Crippen LogP contribution in [0, 0.1) is 0 Å². The number of ether oxygens (including phenoxy) is 1. The minimum atomic E-state index is 0.387. The molecule has 0 unspecified atom stereocenters. The first-order chi connectivity index (χ1) is 8.72. The fourth-order valence-corrected chi connectivity index (χ4v) is 2.12. The molecule has 0 aliphatic carbocycles. The van der Waals surface area contributed by atoms with Gasteiger partial charge in [-0.05, 0) is 50.6 Å². The van der Waals surface area contributed by atoms with Crippen molar-refractivity contribution in [3.63, 3.8) is 0 Å². The highest BCUT2D eigenvalue weighted by Crippen LogP contribution is 2.30. The summed E-state index contributed by atoms with van der Waals surface area (Å²) in [6, 6.07) is 8.63. The van der Waals surface area contributed by atoms with Crippen LogP contribution in [0.15, 0.2) is 34.8 Å². The van der Waals surface area contributed by atoms with Crippen molar-refractivity contribution in [1.29, 1.82) is 0 Å². The Morgan fingerprint density at radius 3 is 2.94 bits per heavy atom. The second-order valence-corrected chi connectivity index (χ2v) is 4.67. The molecule has 0 atom stereocenters. The van der Waals surface area contributed by atoms with Crippen LogP contribution in [0.1, 0.15) is 0 Å². The monoisotopic (exact) mass is 325 g/mol. The van der Waals surface area contributed by atoms with Crippen LogP contribution in [0.2, 0.25) is 5.02 Å². The lowest BCUT2D eigenvalue weighted by Crippen LogP contribution is -1.97. The summed E-state index contributed by atoms with van der Waals surface area (Å²) in [5.41, 5.74) is 0.553. The number of benzene rings is 1. The Labute approximate surface area is 115 Å². The maximum atomic E-state index is 5.85. The zero-order valence-corrected chi connectivity index (χ0v) is 11.1. The highest BCUT2D eigenvalue weighted by Gasteiger charge is 2.06. The quantitative estimate of drug-likeness (QED) is 0.724. The Balaban J connectivity index is 1.95. The second-order valence-electron chi connectivity index (χ2n) is 3.37. The van der Waals surface area contributed by atoms with Gasteiger partial charge in [0, 0.05) is 11.1 Å². The van der Waals surface area contributed by atoms with Crippen LogP contribution in [-0.2, 0) is 0 Å². The summed E-state index contributed by atoms with van der Waals surface area (Å²) in [5.74, 6) is 0.997. The average Bonchev–Trinajstić information content (AvgIpc) is 2.80. The Bertz CT molecular complexity index is 716. The van der Waals surface area contributed by atoms with Gasteiger partial charge in [0.25, 0.3) is 0 Å². The SMILES string of the molecule is Clc1ccc(Oc2ccc3nnnn3n2)c(Br)c1. The van der Waals surface area contributed by atoms with E-state index in [2.05, 4.69) is 36.6 Å². The number of rotatable bonds is 2. The molecular weight excluding hydrogens is 322 g/mol. The molecule has 90 valence electrons. The molecule has 0 radical (unpaired) electrons. The number of halogens is 2.